The van der Waals surface area contributed by atoms with Crippen molar-refractivity contribution in [3.8, 4) is 0 Å². The predicted molar refractivity (Wildman–Crippen MR) is 86.5 cm³/mol. The number of nitrogens with zero attached hydrogens (tertiary/aromatic N) is 3. The van der Waals surface area contributed by atoms with E-state index in [1.165, 1.54) is 0 Å². The summed E-state index contributed by atoms with van der Waals surface area (Å²) >= 11 is 0. The first kappa shape index (κ1) is 15.8. The molecule has 0 aromatic carbocycles. The molecule has 2 aliphatic rings. The van der Waals surface area contributed by atoms with Crippen LogP contribution < -0.4 is 4.90 Å². The number of pyridine rings is 1. The molecule has 3 rings (SSSR count). The van der Waals surface area contributed by atoms with Crippen molar-refractivity contribution < 1.29 is 14.7 Å². The molecule has 3 unspecified atom stereocenters. The standard InChI is InChI=1S/C17H23N3O3/c1-19(2)15-10-12(7-8-18-15)16(21)20-13-6-4-3-5-11(13)9-14(20)17(22)23/h7-8,10-11,13-14H,3-6,9H2,1-2H3,(H,22,23). The highest BCUT2D eigenvalue weighted by molar-refractivity contribution is 5.97. The highest BCUT2D eigenvalue weighted by atomic mass is 16.4. The van der Waals surface area contributed by atoms with E-state index in [0.717, 1.165) is 25.7 Å². The molecule has 2 fully saturated rings. The van der Waals surface area contributed by atoms with Gasteiger partial charge < -0.3 is 14.9 Å². The molecule has 1 N–H and O–H groups in total. The molecule has 1 aliphatic carbocycles. The minimum Gasteiger partial charge on any atom is -0.480 e. The van der Waals surface area contributed by atoms with Crippen molar-refractivity contribution in [2.24, 2.45) is 5.92 Å². The SMILES string of the molecule is CN(C)c1cc(C(=O)N2C(C(=O)O)CC3CCCCC32)ccn1. The van der Waals surface area contributed by atoms with E-state index in [-0.39, 0.29) is 11.9 Å². The van der Waals surface area contributed by atoms with E-state index in [2.05, 4.69) is 4.98 Å². The van der Waals surface area contributed by atoms with E-state index in [0.29, 0.717) is 23.7 Å². The van der Waals surface area contributed by atoms with Gasteiger partial charge in [0.05, 0.1) is 0 Å². The zero-order valence-electron chi connectivity index (χ0n) is 13.6. The molecule has 0 bridgehead atoms. The van der Waals surface area contributed by atoms with Gasteiger partial charge in [-0.25, -0.2) is 9.78 Å². The Balaban J connectivity index is 1.92. The fraction of sp³-hybridized carbons (Fsp3) is 0.588. The van der Waals surface area contributed by atoms with Gasteiger partial charge >= 0.3 is 5.97 Å². The fourth-order valence-corrected chi connectivity index (χ4v) is 3.92. The summed E-state index contributed by atoms with van der Waals surface area (Å²) in [7, 11) is 3.73. The first-order valence-corrected chi connectivity index (χ1v) is 8.18. The number of aliphatic carboxylic acids is 1. The van der Waals surface area contributed by atoms with E-state index in [4.69, 9.17) is 0 Å². The van der Waals surface area contributed by atoms with Crippen molar-refractivity contribution in [3.05, 3.63) is 23.9 Å². The van der Waals surface area contributed by atoms with Crippen LogP contribution in [0.2, 0.25) is 0 Å². The summed E-state index contributed by atoms with van der Waals surface area (Å²) in [6, 6.07) is 2.77. The van der Waals surface area contributed by atoms with Crippen molar-refractivity contribution in [2.45, 2.75) is 44.2 Å². The van der Waals surface area contributed by atoms with Crippen LogP contribution in [0.3, 0.4) is 0 Å². The van der Waals surface area contributed by atoms with Gasteiger partial charge in [0.25, 0.3) is 5.91 Å². The van der Waals surface area contributed by atoms with E-state index in [9.17, 15) is 14.7 Å². The van der Waals surface area contributed by atoms with Crippen molar-refractivity contribution in [1.29, 1.82) is 0 Å². The number of amides is 1. The Labute approximate surface area is 136 Å². The molecule has 0 radical (unpaired) electrons. The van der Waals surface area contributed by atoms with Crippen LogP contribution in [0.4, 0.5) is 5.82 Å². The zero-order chi connectivity index (χ0) is 16.6. The predicted octanol–water partition coefficient (Wildman–Crippen LogP) is 2.01. The van der Waals surface area contributed by atoms with Gasteiger partial charge in [-0.1, -0.05) is 12.8 Å². The van der Waals surface area contributed by atoms with Crippen LogP contribution >= 0.6 is 0 Å². The molecule has 6 heteroatoms. The summed E-state index contributed by atoms with van der Waals surface area (Å²) in [5.41, 5.74) is 0.515. The number of fused-ring (bicyclic) bond motifs is 1. The number of carbonyl (C=O) groups is 2. The average Bonchev–Trinajstić information content (AvgIpc) is 2.94. The molecule has 1 aromatic heterocycles. The first-order chi connectivity index (χ1) is 11.0. The Morgan fingerprint density at radius 1 is 1.30 bits per heavy atom. The zero-order valence-corrected chi connectivity index (χ0v) is 13.6. The topological polar surface area (TPSA) is 73.7 Å². The molecular formula is C17H23N3O3. The lowest BCUT2D eigenvalue weighted by molar-refractivity contribution is -0.141. The highest BCUT2D eigenvalue weighted by Gasteiger charge is 2.47. The summed E-state index contributed by atoms with van der Waals surface area (Å²) < 4.78 is 0. The number of likely N-dealkylation sites (tertiary alicyclic amines) is 1. The Kier molecular flexibility index (Phi) is 4.24. The van der Waals surface area contributed by atoms with Crippen LogP contribution in [0.1, 0.15) is 42.5 Å². The maximum absolute atomic E-state index is 13.0. The van der Waals surface area contributed by atoms with Gasteiger partial charge in [-0.3, -0.25) is 4.79 Å². The van der Waals surface area contributed by atoms with Gasteiger partial charge in [0.15, 0.2) is 0 Å². The minimum atomic E-state index is -0.894. The van der Waals surface area contributed by atoms with Crippen LogP contribution in [-0.4, -0.2) is 53.0 Å². The third-order valence-electron chi connectivity index (χ3n) is 5.06. The van der Waals surface area contributed by atoms with Gasteiger partial charge in [0.1, 0.15) is 11.9 Å². The molecular weight excluding hydrogens is 294 g/mol. The molecule has 2 heterocycles. The molecule has 1 amide bonds. The number of carboxylic acid groups (broad SMARTS) is 1. The van der Waals surface area contributed by atoms with Crippen LogP contribution in [0.5, 0.6) is 0 Å². The highest BCUT2D eigenvalue weighted by Crippen LogP contribution is 2.40. The van der Waals surface area contributed by atoms with Crippen molar-refractivity contribution in [2.75, 3.05) is 19.0 Å². The summed E-state index contributed by atoms with van der Waals surface area (Å²) in [6.07, 6.45) is 6.32. The average molecular weight is 317 g/mol. The molecule has 1 saturated heterocycles. The third-order valence-corrected chi connectivity index (χ3v) is 5.06. The Morgan fingerprint density at radius 2 is 2.04 bits per heavy atom. The van der Waals surface area contributed by atoms with E-state index >= 15 is 0 Å². The van der Waals surface area contributed by atoms with Gasteiger partial charge in [-0.15, -0.1) is 0 Å². The quantitative estimate of drug-likeness (QED) is 0.923. The number of rotatable bonds is 3. The molecule has 0 spiro atoms. The fourth-order valence-electron chi connectivity index (χ4n) is 3.92. The second kappa shape index (κ2) is 6.18. The second-order valence-corrected chi connectivity index (χ2v) is 6.71. The smallest absolute Gasteiger partial charge is 0.326 e. The van der Waals surface area contributed by atoms with E-state index in [1.54, 1.807) is 23.2 Å². The van der Waals surface area contributed by atoms with E-state index < -0.39 is 12.0 Å². The van der Waals surface area contributed by atoms with Crippen LogP contribution in [0.25, 0.3) is 0 Å². The van der Waals surface area contributed by atoms with Crippen LogP contribution in [0.15, 0.2) is 18.3 Å². The third kappa shape index (κ3) is 2.90. The second-order valence-electron chi connectivity index (χ2n) is 6.71. The molecule has 3 atom stereocenters. The minimum absolute atomic E-state index is 0.0633. The van der Waals surface area contributed by atoms with Crippen LogP contribution in [-0.2, 0) is 4.79 Å². The lowest BCUT2D eigenvalue weighted by Gasteiger charge is -2.33. The van der Waals surface area contributed by atoms with Crippen molar-refractivity contribution in [1.82, 2.24) is 9.88 Å². The molecule has 23 heavy (non-hydrogen) atoms. The molecule has 124 valence electrons. The maximum Gasteiger partial charge on any atom is 0.326 e. The summed E-state index contributed by atoms with van der Waals surface area (Å²) in [5.74, 6) is -0.0574. The Bertz CT molecular complexity index is 617. The van der Waals surface area contributed by atoms with Gasteiger partial charge in [0.2, 0.25) is 0 Å². The molecule has 1 saturated carbocycles. The maximum atomic E-state index is 13.0. The van der Waals surface area contributed by atoms with Gasteiger partial charge in [-0.05, 0) is 37.3 Å². The Morgan fingerprint density at radius 3 is 2.74 bits per heavy atom. The van der Waals surface area contributed by atoms with Gasteiger partial charge in [-0.2, -0.15) is 0 Å². The van der Waals surface area contributed by atoms with Crippen molar-refractivity contribution in [3.63, 3.8) is 0 Å². The largest absolute Gasteiger partial charge is 0.480 e. The summed E-state index contributed by atoms with van der Waals surface area (Å²) in [5, 5.41) is 9.55. The monoisotopic (exact) mass is 317 g/mol. The summed E-state index contributed by atoms with van der Waals surface area (Å²) in [6.45, 7) is 0. The molecule has 1 aromatic rings. The van der Waals surface area contributed by atoms with Gasteiger partial charge in [0, 0.05) is 31.9 Å². The van der Waals surface area contributed by atoms with E-state index in [1.807, 2.05) is 19.0 Å². The molecule has 1 aliphatic heterocycles. The van der Waals surface area contributed by atoms with Crippen LogP contribution in [0, 0.1) is 5.92 Å². The lowest BCUT2D eigenvalue weighted by Crippen LogP contribution is -2.46. The number of carbonyl (C=O) groups excluding carboxylic acids is 1. The normalized spacial score (nSPS) is 26.7. The summed E-state index contributed by atoms with van der Waals surface area (Å²) in [4.78, 5) is 32.3. The van der Waals surface area contributed by atoms with Crippen molar-refractivity contribution >= 4 is 17.7 Å². The molecule has 6 nitrogen and oxygen atoms in total. The first-order valence-electron chi connectivity index (χ1n) is 8.18. The lowest BCUT2D eigenvalue weighted by atomic mass is 9.84. The number of aromatic nitrogens is 1. The number of anilines is 1. The number of carboxylic acids is 1. The number of hydrogen-bond donors (Lipinski definition) is 1. The Hall–Kier alpha value is -2.11. The number of hydrogen-bond acceptors (Lipinski definition) is 4.